The van der Waals surface area contributed by atoms with E-state index in [1.54, 1.807) is 0 Å². The van der Waals surface area contributed by atoms with Gasteiger partial charge < -0.3 is 19.5 Å². The molecule has 3 aliphatic heterocycles. The van der Waals surface area contributed by atoms with Crippen LogP contribution in [0.2, 0.25) is 0 Å². The molecule has 4 heterocycles. The van der Waals surface area contributed by atoms with Crippen molar-refractivity contribution in [2.24, 2.45) is 5.92 Å². The first-order chi connectivity index (χ1) is 15.8. The quantitative estimate of drug-likeness (QED) is 0.718. The van der Waals surface area contributed by atoms with Gasteiger partial charge in [-0.05, 0) is 65.9 Å². The van der Waals surface area contributed by atoms with Crippen molar-refractivity contribution in [3.8, 4) is 0 Å². The van der Waals surface area contributed by atoms with E-state index in [0.29, 0.717) is 17.7 Å². The van der Waals surface area contributed by atoms with Crippen LogP contribution in [0.3, 0.4) is 0 Å². The Morgan fingerprint density at radius 2 is 1.88 bits per heavy atom. The highest BCUT2D eigenvalue weighted by atomic mass is 32.2. The van der Waals surface area contributed by atoms with E-state index < -0.39 is 11.2 Å². The summed E-state index contributed by atoms with van der Waals surface area (Å²) in [5.41, 5.74) is 5.42. The van der Waals surface area contributed by atoms with Gasteiger partial charge in [0.2, 0.25) is 10.8 Å². The van der Waals surface area contributed by atoms with Crippen LogP contribution in [0.1, 0.15) is 42.5 Å². The summed E-state index contributed by atoms with van der Waals surface area (Å²) in [6.07, 6.45) is 8.44. The fraction of sp³-hybridized carbons (Fsp3) is 0.520. The lowest BCUT2D eigenvalue weighted by molar-refractivity contribution is 0.0903. The highest BCUT2D eigenvalue weighted by Crippen LogP contribution is 2.39. The lowest BCUT2D eigenvalue weighted by atomic mass is 9.86. The normalized spacial score (nSPS) is 23.7. The third kappa shape index (κ3) is 3.80. The van der Waals surface area contributed by atoms with Crippen molar-refractivity contribution in [2.75, 3.05) is 42.3 Å². The molecule has 1 aromatic carbocycles. The summed E-state index contributed by atoms with van der Waals surface area (Å²) >= 11 is -1.00. The second-order valence-electron chi connectivity index (χ2n) is 9.26. The van der Waals surface area contributed by atoms with Gasteiger partial charge in [0.1, 0.15) is 11.4 Å². The number of nitrogens with one attached hydrogen (secondary N) is 1. The lowest BCUT2D eigenvalue weighted by Crippen LogP contribution is -2.36. The Bertz CT molecular complexity index is 1030. The minimum absolute atomic E-state index is 0.327. The molecule has 168 valence electrons. The number of nitrogens with zero attached hydrogens (tertiary/aromatic N) is 3. The molecule has 1 N–H and O–H groups in total. The number of piperidine rings is 1. The number of hydrogen-bond acceptors (Lipinski definition) is 6. The molecule has 0 spiro atoms. The summed E-state index contributed by atoms with van der Waals surface area (Å²) in [6, 6.07) is 9.15. The zero-order valence-electron chi connectivity index (χ0n) is 18.4. The van der Waals surface area contributed by atoms with Crippen LogP contribution in [0.25, 0.3) is 5.57 Å². The van der Waals surface area contributed by atoms with Crippen LogP contribution < -0.4 is 10.2 Å². The van der Waals surface area contributed by atoms with Gasteiger partial charge in [0, 0.05) is 38.8 Å². The topological polar surface area (TPSA) is 73.3 Å². The summed E-state index contributed by atoms with van der Waals surface area (Å²) in [6.45, 7) is 3.46. The van der Waals surface area contributed by atoms with Crippen molar-refractivity contribution in [3.05, 3.63) is 47.2 Å². The second-order valence-corrected chi connectivity index (χ2v) is 10.8. The summed E-state index contributed by atoms with van der Waals surface area (Å²) in [5.74, 6) is 2.86. The van der Waals surface area contributed by atoms with E-state index >= 15 is 0 Å². The number of benzene rings is 1. The van der Waals surface area contributed by atoms with Gasteiger partial charge in [-0.2, -0.15) is 4.98 Å². The Balaban J connectivity index is 1.20. The standard InChI is InChI=1S/C25H30N4O2S/c30-32-16-11-22-23(32)24(26-19-9-14-31-15-10-19)28-25(27-22)29-12-7-18(8-13-29)21-6-5-17-3-1-2-4-20(17)21/h1-4,6,18-19H,5,7-16H2,(H,26,27,28). The Morgan fingerprint density at radius 3 is 2.72 bits per heavy atom. The molecule has 1 unspecified atom stereocenters. The van der Waals surface area contributed by atoms with Crippen molar-refractivity contribution in [2.45, 2.75) is 49.5 Å². The van der Waals surface area contributed by atoms with E-state index in [1.807, 2.05) is 0 Å². The smallest absolute Gasteiger partial charge is 0.227 e. The van der Waals surface area contributed by atoms with Crippen molar-refractivity contribution >= 4 is 28.5 Å². The van der Waals surface area contributed by atoms with Crippen molar-refractivity contribution < 1.29 is 9.29 Å². The molecule has 1 atom stereocenters. The molecule has 6 nitrogen and oxygen atoms in total. The number of allylic oxidation sites excluding steroid dienone is 2. The Kier molecular flexibility index (Phi) is 5.57. The molecule has 0 saturated carbocycles. The van der Waals surface area contributed by atoms with E-state index in [4.69, 9.17) is 14.7 Å². The molecule has 2 saturated heterocycles. The van der Waals surface area contributed by atoms with Crippen LogP contribution >= 0.6 is 0 Å². The van der Waals surface area contributed by atoms with Crippen LogP contribution in [-0.4, -0.2) is 52.6 Å². The van der Waals surface area contributed by atoms with Gasteiger partial charge in [-0.25, -0.2) is 4.98 Å². The summed E-state index contributed by atoms with van der Waals surface area (Å²) in [5, 5.41) is 3.60. The minimum atomic E-state index is -1.00. The molecule has 4 aliphatic rings. The van der Waals surface area contributed by atoms with Crippen molar-refractivity contribution in [1.82, 2.24) is 9.97 Å². The Morgan fingerprint density at radius 1 is 1.06 bits per heavy atom. The third-order valence-electron chi connectivity index (χ3n) is 7.33. The zero-order chi connectivity index (χ0) is 21.5. The average Bonchev–Trinajstić information content (AvgIpc) is 3.44. The summed E-state index contributed by atoms with van der Waals surface area (Å²) in [4.78, 5) is 13.0. The molecule has 0 amide bonds. The highest BCUT2D eigenvalue weighted by Gasteiger charge is 2.35. The first-order valence-corrected chi connectivity index (χ1v) is 13.2. The fourth-order valence-electron chi connectivity index (χ4n) is 5.55. The maximum Gasteiger partial charge on any atom is 0.227 e. The molecule has 6 rings (SSSR count). The first kappa shape index (κ1) is 20.5. The van der Waals surface area contributed by atoms with E-state index in [0.717, 1.165) is 87.2 Å². The van der Waals surface area contributed by atoms with Crippen molar-refractivity contribution in [3.63, 3.8) is 0 Å². The zero-order valence-corrected chi connectivity index (χ0v) is 19.2. The van der Waals surface area contributed by atoms with Gasteiger partial charge in [0.25, 0.3) is 0 Å². The Hall–Kier alpha value is -2.09. The molecule has 1 aliphatic carbocycles. The van der Waals surface area contributed by atoms with Gasteiger partial charge in [-0.15, -0.1) is 0 Å². The number of aromatic nitrogens is 2. The van der Waals surface area contributed by atoms with Gasteiger partial charge in [-0.3, -0.25) is 0 Å². The number of hydrogen-bond donors (Lipinski definition) is 1. The summed E-state index contributed by atoms with van der Waals surface area (Å²) < 4.78 is 18.2. The molecule has 0 radical (unpaired) electrons. The second kappa shape index (κ2) is 8.69. The van der Waals surface area contributed by atoms with Crippen LogP contribution in [0.4, 0.5) is 11.8 Å². The molecule has 2 aromatic rings. The van der Waals surface area contributed by atoms with Crippen LogP contribution in [0.15, 0.2) is 35.2 Å². The molecule has 2 fully saturated rings. The van der Waals surface area contributed by atoms with E-state index in [-0.39, 0.29) is 0 Å². The predicted octanol–water partition coefficient (Wildman–Crippen LogP) is 3.59. The van der Waals surface area contributed by atoms with Gasteiger partial charge in [0.05, 0.1) is 0 Å². The number of ether oxygens (including phenoxy) is 1. The SMILES string of the molecule is [O-][S+]1CCc2nc(N3CCC(C4=CCc5ccccc54)CC3)nc(NC3CCOCC3)c21. The minimum Gasteiger partial charge on any atom is -0.611 e. The highest BCUT2D eigenvalue weighted by molar-refractivity contribution is 7.91. The Labute approximate surface area is 192 Å². The van der Waals surface area contributed by atoms with Crippen LogP contribution in [0.5, 0.6) is 0 Å². The first-order valence-electron chi connectivity index (χ1n) is 11.9. The maximum absolute atomic E-state index is 12.7. The van der Waals surface area contributed by atoms with Gasteiger partial charge in [0.15, 0.2) is 5.82 Å². The third-order valence-corrected chi connectivity index (χ3v) is 8.79. The van der Waals surface area contributed by atoms with E-state index in [2.05, 4.69) is 40.6 Å². The monoisotopic (exact) mass is 450 g/mol. The molecule has 0 bridgehead atoms. The predicted molar refractivity (Wildman–Crippen MR) is 128 cm³/mol. The molecule has 1 aromatic heterocycles. The fourth-order valence-corrected chi connectivity index (χ4v) is 6.86. The summed E-state index contributed by atoms with van der Waals surface area (Å²) in [7, 11) is 0. The largest absolute Gasteiger partial charge is 0.611 e. The number of fused-ring (bicyclic) bond motifs is 2. The molecule has 7 heteroatoms. The number of rotatable bonds is 4. The molecular weight excluding hydrogens is 420 g/mol. The van der Waals surface area contributed by atoms with Gasteiger partial charge >= 0.3 is 0 Å². The van der Waals surface area contributed by atoms with E-state index in [1.165, 1.54) is 16.7 Å². The molecular formula is C25H30N4O2S. The van der Waals surface area contributed by atoms with Crippen LogP contribution in [0, 0.1) is 5.92 Å². The van der Waals surface area contributed by atoms with Gasteiger partial charge in [-0.1, -0.05) is 30.3 Å². The number of aryl methyl sites for hydroxylation is 1. The van der Waals surface area contributed by atoms with E-state index in [9.17, 15) is 4.55 Å². The maximum atomic E-state index is 12.7. The lowest BCUT2D eigenvalue weighted by Gasteiger charge is -2.33. The number of anilines is 2. The molecule has 32 heavy (non-hydrogen) atoms. The average molecular weight is 451 g/mol. The van der Waals surface area contributed by atoms with Crippen molar-refractivity contribution in [1.29, 1.82) is 0 Å². The van der Waals surface area contributed by atoms with Crippen LogP contribution in [-0.2, 0) is 28.8 Å².